The van der Waals surface area contributed by atoms with Gasteiger partial charge in [0.2, 0.25) is 0 Å². The molecule has 0 atom stereocenters. The number of aromatic nitrogens is 3. The third-order valence-corrected chi connectivity index (χ3v) is 15.2. The zero-order valence-electron chi connectivity index (χ0n) is 34.1. The van der Waals surface area contributed by atoms with E-state index in [-0.39, 0.29) is 0 Å². The predicted molar refractivity (Wildman–Crippen MR) is 253 cm³/mol. The maximum Gasteiger partial charge on any atom is 0.164 e. The molecule has 0 N–H and O–H groups in total. The Bertz CT molecular complexity index is 2940. The Labute approximate surface area is 344 Å². The van der Waals surface area contributed by atoms with E-state index >= 15 is 0 Å². The molecule has 0 aliphatic rings. The lowest BCUT2D eigenvalue weighted by molar-refractivity contribution is 1.08. The predicted octanol–water partition coefficient (Wildman–Crippen LogP) is 13.3. The highest BCUT2D eigenvalue weighted by Crippen LogP contribution is 2.36. The molecule has 1 aromatic heterocycles. The van der Waals surface area contributed by atoms with Crippen LogP contribution in [0.15, 0.2) is 176 Å². The van der Waals surface area contributed by atoms with Crippen LogP contribution < -0.4 is 10.4 Å². The zero-order valence-corrected chi connectivity index (χ0v) is 36.1. The molecule has 0 spiro atoms. The highest BCUT2D eigenvalue weighted by Gasteiger charge is 2.25. The van der Waals surface area contributed by atoms with E-state index in [4.69, 9.17) is 15.0 Å². The first-order valence-electron chi connectivity index (χ1n) is 20.2. The molecule has 9 aromatic rings. The summed E-state index contributed by atoms with van der Waals surface area (Å²) >= 11 is 0. The molecule has 1 heterocycles. The lowest BCUT2D eigenvalue weighted by Gasteiger charge is -2.24. The third-order valence-electron chi connectivity index (χ3n) is 11.2. The highest BCUT2D eigenvalue weighted by molar-refractivity contribution is 6.91. The molecule has 5 heteroatoms. The largest absolute Gasteiger partial charge is 0.208 e. The van der Waals surface area contributed by atoms with Crippen LogP contribution in [0.1, 0.15) is 0 Å². The molecule has 0 radical (unpaired) electrons. The minimum atomic E-state index is -1.66. The van der Waals surface area contributed by atoms with Crippen molar-refractivity contribution in [3.63, 3.8) is 0 Å². The zero-order chi connectivity index (χ0) is 40.0. The van der Waals surface area contributed by atoms with Crippen LogP contribution in [0.25, 0.3) is 89.1 Å². The minimum Gasteiger partial charge on any atom is -0.208 e. The van der Waals surface area contributed by atoms with E-state index in [1.165, 1.54) is 48.8 Å². The van der Waals surface area contributed by atoms with Gasteiger partial charge in [0, 0.05) is 16.7 Å². The second-order valence-electron chi connectivity index (χ2n) is 17.4. The molecule has 0 aliphatic heterocycles. The van der Waals surface area contributed by atoms with Crippen LogP contribution in [-0.4, -0.2) is 31.1 Å². The van der Waals surface area contributed by atoms with Crippen LogP contribution in [0.5, 0.6) is 0 Å². The van der Waals surface area contributed by atoms with Crippen LogP contribution in [0.3, 0.4) is 0 Å². The summed E-state index contributed by atoms with van der Waals surface area (Å²) in [6, 6.07) is 63.5. The lowest BCUT2D eigenvalue weighted by Crippen LogP contribution is -2.45. The third kappa shape index (κ3) is 7.47. The topological polar surface area (TPSA) is 38.7 Å². The van der Waals surface area contributed by atoms with Gasteiger partial charge in [-0.05, 0) is 73.1 Å². The van der Waals surface area contributed by atoms with Crippen LogP contribution in [-0.2, 0) is 0 Å². The molecule has 0 bridgehead atoms. The van der Waals surface area contributed by atoms with Gasteiger partial charge < -0.3 is 0 Å². The van der Waals surface area contributed by atoms with Gasteiger partial charge in [0.1, 0.15) is 0 Å². The smallest absolute Gasteiger partial charge is 0.164 e. The van der Waals surface area contributed by atoms with E-state index < -0.39 is 16.1 Å². The van der Waals surface area contributed by atoms with Gasteiger partial charge in [-0.25, -0.2) is 15.0 Å². The number of fused-ring (bicyclic) bond motifs is 3. The molecule has 8 aromatic carbocycles. The van der Waals surface area contributed by atoms with Crippen molar-refractivity contribution in [3.8, 4) is 67.5 Å². The van der Waals surface area contributed by atoms with E-state index in [1.807, 2.05) is 0 Å². The molecule has 0 unspecified atom stereocenters. The fourth-order valence-electron chi connectivity index (χ4n) is 7.85. The lowest BCUT2D eigenvalue weighted by atomic mass is 9.92. The Morgan fingerprint density at radius 3 is 1.41 bits per heavy atom. The Morgan fingerprint density at radius 1 is 0.293 bits per heavy atom. The van der Waals surface area contributed by atoms with Gasteiger partial charge in [-0.1, -0.05) is 207 Å². The Balaban J connectivity index is 1.19. The second kappa shape index (κ2) is 14.9. The Kier molecular flexibility index (Phi) is 9.59. The molecule has 0 aliphatic carbocycles. The summed E-state index contributed by atoms with van der Waals surface area (Å²) in [7, 11) is -3.32. The average Bonchev–Trinajstić information content (AvgIpc) is 3.25. The summed E-state index contributed by atoms with van der Waals surface area (Å²) in [6.45, 7) is 14.5. The molecular formula is C53H47N3Si2. The fourth-order valence-corrected chi connectivity index (χ4v) is 10.3. The first-order valence-corrected chi connectivity index (χ1v) is 27.2. The van der Waals surface area contributed by atoms with Crippen LogP contribution in [0, 0.1) is 0 Å². The summed E-state index contributed by atoms with van der Waals surface area (Å²) in [6.07, 6.45) is 0. The minimum absolute atomic E-state index is 0.666. The quantitative estimate of drug-likeness (QED) is 0.114. The molecule has 282 valence electrons. The van der Waals surface area contributed by atoms with Crippen molar-refractivity contribution in [1.29, 1.82) is 0 Å². The highest BCUT2D eigenvalue weighted by atomic mass is 28.3. The molecule has 58 heavy (non-hydrogen) atoms. The number of benzene rings is 8. The number of hydrogen-bond acceptors (Lipinski definition) is 3. The molecule has 9 rings (SSSR count). The SMILES string of the molecule is C[Si](C)(C)c1cc(-c2nc(-c3cccc(-c4cccc(-c5ccccc5-c5ccccc5)c4)c3)nc(-c3ccc4c(ccc5ccccc54)c3)n2)cc([Si](C)(C)C)c1. The molecule has 0 saturated heterocycles. The normalized spacial score (nSPS) is 12.0. The number of nitrogens with zero attached hydrogens (tertiary/aromatic N) is 3. The Hall–Kier alpha value is -6.28. The van der Waals surface area contributed by atoms with Gasteiger partial charge in [-0.2, -0.15) is 0 Å². The number of rotatable bonds is 8. The van der Waals surface area contributed by atoms with E-state index in [9.17, 15) is 0 Å². The van der Waals surface area contributed by atoms with Crippen LogP contribution >= 0.6 is 0 Å². The van der Waals surface area contributed by atoms with Crippen molar-refractivity contribution in [2.75, 3.05) is 0 Å². The summed E-state index contributed by atoms with van der Waals surface area (Å²) in [5, 5.41) is 7.73. The van der Waals surface area contributed by atoms with E-state index in [0.717, 1.165) is 33.2 Å². The van der Waals surface area contributed by atoms with Crippen LogP contribution in [0.4, 0.5) is 0 Å². The molecular weight excluding hydrogens is 735 g/mol. The second-order valence-corrected chi connectivity index (χ2v) is 27.6. The first-order chi connectivity index (χ1) is 28.0. The standard InChI is InChI=1S/C53H47N3Si2/c1-57(2,3)45-33-44(34-46(35-45)58(4,5)6)53-55-51(54-52(56-53)43-28-29-50-41(32-43)27-26-37-18-10-11-23-48(37)50)42-22-15-20-39(31-42)38-19-14-21-40(30-38)49-25-13-12-24-47(49)36-16-8-7-9-17-36/h7-35H,1-6H3. The fraction of sp³-hybridized carbons (Fsp3) is 0.113. The van der Waals surface area contributed by atoms with Crippen molar-refractivity contribution in [2.24, 2.45) is 0 Å². The van der Waals surface area contributed by atoms with E-state index in [0.29, 0.717) is 17.5 Å². The monoisotopic (exact) mass is 781 g/mol. The maximum atomic E-state index is 5.30. The Morgan fingerprint density at radius 2 is 0.759 bits per heavy atom. The summed E-state index contributed by atoms with van der Waals surface area (Å²) in [5.41, 5.74) is 10.1. The molecule has 0 saturated carbocycles. The van der Waals surface area contributed by atoms with Crippen molar-refractivity contribution in [3.05, 3.63) is 176 Å². The molecule has 0 amide bonds. The van der Waals surface area contributed by atoms with Crippen LogP contribution in [0.2, 0.25) is 39.3 Å². The van der Waals surface area contributed by atoms with Gasteiger partial charge in [-0.15, -0.1) is 0 Å². The first kappa shape index (κ1) is 37.3. The summed E-state index contributed by atoms with van der Waals surface area (Å²) in [4.78, 5) is 15.8. The maximum absolute atomic E-state index is 5.30. The summed E-state index contributed by atoms with van der Waals surface area (Å²) < 4.78 is 0. The molecule has 0 fully saturated rings. The summed E-state index contributed by atoms with van der Waals surface area (Å²) in [5.74, 6) is 2.05. The van der Waals surface area contributed by atoms with Crippen molar-refractivity contribution >= 4 is 48.1 Å². The van der Waals surface area contributed by atoms with E-state index in [2.05, 4.69) is 215 Å². The van der Waals surface area contributed by atoms with Crippen molar-refractivity contribution < 1.29 is 0 Å². The molecule has 3 nitrogen and oxygen atoms in total. The van der Waals surface area contributed by atoms with Gasteiger partial charge in [0.25, 0.3) is 0 Å². The van der Waals surface area contributed by atoms with E-state index in [1.54, 1.807) is 0 Å². The average molecular weight is 782 g/mol. The van der Waals surface area contributed by atoms with Gasteiger partial charge in [0.05, 0.1) is 16.1 Å². The van der Waals surface area contributed by atoms with Gasteiger partial charge >= 0.3 is 0 Å². The van der Waals surface area contributed by atoms with Crippen molar-refractivity contribution in [2.45, 2.75) is 39.3 Å². The van der Waals surface area contributed by atoms with Gasteiger partial charge in [-0.3, -0.25) is 0 Å². The number of hydrogen-bond donors (Lipinski definition) is 0. The van der Waals surface area contributed by atoms with Crippen molar-refractivity contribution in [1.82, 2.24) is 15.0 Å². The van der Waals surface area contributed by atoms with Gasteiger partial charge in [0.15, 0.2) is 17.5 Å².